The van der Waals surface area contributed by atoms with Crippen LogP contribution in [0.25, 0.3) is 0 Å². The Morgan fingerprint density at radius 3 is 1.73 bits per heavy atom. The van der Waals surface area contributed by atoms with Crippen molar-refractivity contribution in [1.82, 2.24) is 10.2 Å². The molecule has 0 fully saturated rings. The maximum absolute atomic E-state index is 13.0. The number of rotatable bonds is 9. The summed E-state index contributed by atoms with van der Waals surface area (Å²) < 4.78 is 13.0. The van der Waals surface area contributed by atoms with Gasteiger partial charge in [-0.05, 0) is 28.8 Å². The lowest BCUT2D eigenvalue weighted by molar-refractivity contribution is 0.256. The molecule has 1 N–H and O–H groups in total. The molecule has 0 heterocycles. The molecule has 134 valence electrons. The van der Waals surface area contributed by atoms with Crippen LogP contribution in [0.4, 0.5) is 4.39 Å². The van der Waals surface area contributed by atoms with Gasteiger partial charge in [-0.25, -0.2) is 4.39 Å². The average molecular weight is 348 g/mol. The van der Waals surface area contributed by atoms with Crippen LogP contribution in [0.3, 0.4) is 0 Å². The van der Waals surface area contributed by atoms with Crippen LogP contribution in [-0.4, -0.2) is 18.0 Å². The van der Waals surface area contributed by atoms with Crippen molar-refractivity contribution in [3.8, 4) is 0 Å². The van der Waals surface area contributed by atoms with Gasteiger partial charge in [0, 0.05) is 32.7 Å². The van der Waals surface area contributed by atoms with Gasteiger partial charge in [0.05, 0.1) is 0 Å². The lowest BCUT2D eigenvalue weighted by atomic mass is 10.1. The Kier molecular flexibility index (Phi) is 6.94. The van der Waals surface area contributed by atoms with Gasteiger partial charge >= 0.3 is 0 Å². The van der Waals surface area contributed by atoms with E-state index in [0.717, 1.165) is 38.3 Å². The minimum Gasteiger partial charge on any atom is -0.311 e. The molecule has 0 saturated carbocycles. The Morgan fingerprint density at radius 2 is 1.19 bits per heavy atom. The molecule has 0 aliphatic carbocycles. The fourth-order valence-electron chi connectivity index (χ4n) is 2.97. The number of halogens is 1. The van der Waals surface area contributed by atoms with E-state index in [-0.39, 0.29) is 5.82 Å². The summed E-state index contributed by atoms with van der Waals surface area (Å²) in [4.78, 5) is 2.45. The van der Waals surface area contributed by atoms with Gasteiger partial charge in [0.25, 0.3) is 0 Å². The SMILES string of the molecule is Fc1ccc(CNCCN(Cc2ccccc2)Cc2ccccc2)cc1. The van der Waals surface area contributed by atoms with Crippen molar-refractivity contribution in [1.29, 1.82) is 0 Å². The van der Waals surface area contributed by atoms with Crippen molar-refractivity contribution in [2.24, 2.45) is 0 Å². The monoisotopic (exact) mass is 348 g/mol. The van der Waals surface area contributed by atoms with Gasteiger partial charge in [-0.3, -0.25) is 4.90 Å². The molecule has 3 aromatic carbocycles. The van der Waals surface area contributed by atoms with Crippen LogP contribution >= 0.6 is 0 Å². The molecule has 0 atom stereocenters. The van der Waals surface area contributed by atoms with Crippen molar-refractivity contribution in [3.05, 3.63) is 107 Å². The molecule has 0 amide bonds. The summed E-state index contributed by atoms with van der Waals surface area (Å²) in [5, 5.41) is 3.46. The highest BCUT2D eigenvalue weighted by atomic mass is 19.1. The van der Waals surface area contributed by atoms with Crippen LogP contribution in [0.1, 0.15) is 16.7 Å². The Balaban J connectivity index is 1.53. The average Bonchev–Trinajstić information content (AvgIpc) is 2.68. The first-order valence-corrected chi connectivity index (χ1v) is 9.05. The zero-order valence-electron chi connectivity index (χ0n) is 14.9. The maximum Gasteiger partial charge on any atom is 0.123 e. The molecule has 0 spiro atoms. The first kappa shape index (κ1) is 18.3. The Morgan fingerprint density at radius 1 is 0.654 bits per heavy atom. The summed E-state index contributed by atoms with van der Waals surface area (Å²) in [5.74, 6) is -0.189. The van der Waals surface area contributed by atoms with E-state index in [1.807, 2.05) is 12.1 Å². The molecule has 0 aromatic heterocycles. The normalized spacial score (nSPS) is 11.0. The third kappa shape index (κ3) is 6.10. The molecule has 0 saturated heterocycles. The van der Waals surface area contributed by atoms with E-state index >= 15 is 0 Å². The Labute approximate surface area is 155 Å². The van der Waals surface area contributed by atoms with Crippen LogP contribution in [0.15, 0.2) is 84.9 Å². The highest BCUT2D eigenvalue weighted by Gasteiger charge is 2.07. The predicted octanol–water partition coefficient (Wildman–Crippen LogP) is 4.62. The fraction of sp³-hybridized carbons (Fsp3) is 0.217. The van der Waals surface area contributed by atoms with E-state index in [1.165, 1.54) is 23.3 Å². The Bertz CT molecular complexity index is 716. The number of nitrogens with zero attached hydrogens (tertiary/aromatic N) is 1. The summed E-state index contributed by atoms with van der Waals surface area (Å²) in [6.07, 6.45) is 0. The smallest absolute Gasteiger partial charge is 0.123 e. The maximum atomic E-state index is 13.0. The largest absolute Gasteiger partial charge is 0.311 e. The second-order valence-electron chi connectivity index (χ2n) is 6.49. The van der Waals surface area contributed by atoms with E-state index in [1.54, 1.807) is 0 Å². The summed E-state index contributed by atoms with van der Waals surface area (Å²) in [5.41, 5.74) is 3.74. The molecule has 0 aliphatic rings. The predicted molar refractivity (Wildman–Crippen MR) is 105 cm³/mol. The van der Waals surface area contributed by atoms with E-state index in [0.29, 0.717) is 0 Å². The zero-order valence-corrected chi connectivity index (χ0v) is 14.9. The summed E-state index contributed by atoms with van der Waals surface area (Å²) in [7, 11) is 0. The molecule has 0 unspecified atom stereocenters. The molecule has 26 heavy (non-hydrogen) atoms. The number of hydrogen-bond acceptors (Lipinski definition) is 2. The molecule has 3 aromatic rings. The van der Waals surface area contributed by atoms with E-state index in [2.05, 4.69) is 70.9 Å². The minimum absolute atomic E-state index is 0.189. The highest BCUT2D eigenvalue weighted by molar-refractivity contribution is 5.17. The lowest BCUT2D eigenvalue weighted by Gasteiger charge is -2.23. The number of benzene rings is 3. The first-order valence-electron chi connectivity index (χ1n) is 9.05. The van der Waals surface area contributed by atoms with Crippen molar-refractivity contribution in [2.45, 2.75) is 19.6 Å². The molecule has 0 bridgehead atoms. The number of nitrogens with one attached hydrogen (secondary N) is 1. The third-order valence-electron chi connectivity index (χ3n) is 4.35. The topological polar surface area (TPSA) is 15.3 Å². The van der Waals surface area contributed by atoms with Crippen molar-refractivity contribution >= 4 is 0 Å². The van der Waals surface area contributed by atoms with Crippen LogP contribution < -0.4 is 5.32 Å². The summed E-state index contributed by atoms with van der Waals surface area (Å²) >= 11 is 0. The molecule has 0 aliphatic heterocycles. The van der Waals surface area contributed by atoms with Crippen LogP contribution in [-0.2, 0) is 19.6 Å². The van der Waals surface area contributed by atoms with Crippen LogP contribution in [0.2, 0.25) is 0 Å². The van der Waals surface area contributed by atoms with Gasteiger partial charge in [-0.1, -0.05) is 72.8 Å². The summed E-state index contributed by atoms with van der Waals surface area (Å²) in [6, 6.07) is 27.8. The van der Waals surface area contributed by atoms with E-state index in [4.69, 9.17) is 0 Å². The third-order valence-corrected chi connectivity index (χ3v) is 4.35. The molecule has 3 rings (SSSR count). The first-order chi connectivity index (χ1) is 12.8. The number of hydrogen-bond donors (Lipinski definition) is 1. The quantitative estimate of drug-likeness (QED) is 0.568. The summed E-state index contributed by atoms with van der Waals surface area (Å²) in [6.45, 7) is 4.44. The molecular weight excluding hydrogens is 323 g/mol. The minimum atomic E-state index is -0.189. The van der Waals surface area contributed by atoms with Gasteiger partial charge in [0.2, 0.25) is 0 Å². The van der Waals surface area contributed by atoms with Gasteiger partial charge in [-0.2, -0.15) is 0 Å². The van der Waals surface area contributed by atoms with Crippen molar-refractivity contribution in [3.63, 3.8) is 0 Å². The van der Waals surface area contributed by atoms with Crippen molar-refractivity contribution in [2.75, 3.05) is 13.1 Å². The van der Waals surface area contributed by atoms with Gasteiger partial charge in [0.1, 0.15) is 5.82 Å². The second-order valence-corrected chi connectivity index (χ2v) is 6.49. The Hall–Kier alpha value is -2.49. The zero-order chi connectivity index (χ0) is 18.0. The fourth-order valence-corrected chi connectivity index (χ4v) is 2.97. The highest BCUT2D eigenvalue weighted by Crippen LogP contribution is 2.09. The molecule has 2 nitrogen and oxygen atoms in total. The van der Waals surface area contributed by atoms with Gasteiger partial charge in [0.15, 0.2) is 0 Å². The van der Waals surface area contributed by atoms with E-state index in [9.17, 15) is 4.39 Å². The molecule has 0 radical (unpaired) electrons. The van der Waals surface area contributed by atoms with E-state index < -0.39 is 0 Å². The molecular formula is C23H25FN2. The van der Waals surface area contributed by atoms with Crippen LogP contribution in [0.5, 0.6) is 0 Å². The van der Waals surface area contributed by atoms with Gasteiger partial charge in [-0.15, -0.1) is 0 Å². The standard InChI is InChI=1S/C23H25FN2/c24-23-13-11-20(12-14-23)17-25-15-16-26(18-21-7-3-1-4-8-21)19-22-9-5-2-6-10-22/h1-14,25H,15-19H2. The van der Waals surface area contributed by atoms with Gasteiger partial charge < -0.3 is 5.32 Å². The lowest BCUT2D eigenvalue weighted by Crippen LogP contribution is -2.31. The molecule has 3 heteroatoms. The second kappa shape index (κ2) is 9.85. The van der Waals surface area contributed by atoms with Crippen molar-refractivity contribution < 1.29 is 4.39 Å². The van der Waals surface area contributed by atoms with Crippen LogP contribution in [0, 0.1) is 5.82 Å².